The highest BCUT2D eigenvalue weighted by Crippen LogP contribution is 2.20. The number of benzene rings is 2. The summed E-state index contributed by atoms with van der Waals surface area (Å²) in [5.41, 5.74) is 1.40. The molecule has 0 radical (unpaired) electrons. The molecule has 0 saturated heterocycles. The van der Waals surface area contributed by atoms with Crippen molar-refractivity contribution in [3.05, 3.63) is 53.6 Å². The zero-order valence-corrected chi connectivity index (χ0v) is 14.4. The Labute approximate surface area is 146 Å². The predicted molar refractivity (Wildman–Crippen MR) is 94.0 cm³/mol. The first kappa shape index (κ1) is 18.3. The molecule has 2 N–H and O–H groups in total. The van der Waals surface area contributed by atoms with E-state index in [9.17, 15) is 14.7 Å². The van der Waals surface area contributed by atoms with Crippen LogP contribution in [-0.2, 0) is 9.53 Å². The Hall–Kier alpha value is -3.02. The van der Waals surface area contributed by atoms with Crippen LogP contribution in [-0.4, -0.2) is 29.7 Å². The van der Waals surface area contributed by atoms with Gasteiger partial charge in [-0.3, -0.25) is 4.79 Å². The van der Waals surface area contributed by atoms with Crippen LogP contribution >= 0.6 is 0 Å². The number of hydrogen-bond acceptors (Lipinski definition) is 5. The molecule has 6 nitrogen and oxygen atoms in total. The first-order chi connectivity index (χ1) is 11.9. The van der Waals surface area contributed by atoms with Gasteiger partial charge in [-0.1, -0.05) is 6.07 Å². The fourth-order valence-electron chi connectivity index (χ4n) is 2.14. The lowest BCUT2D eigenvalue weighted by atomic mass is 10.1. The molecule has 0 saturated carbocycles. The summed E-state index contributed by atoms with van der Waals surface area (Å²) in [5, 5.41) is 12.5. The quantitative estimate of drug-likeness (QED) is 0.786. The summed E-state index contributed by atoms with van der Waals surface area (Å²) in [6.07, 6.45) is -1.01. The number of aryl methyl sites for hydroxylation is 1. The molecule has 0 bridgehead atoms. The molecule has 1 atom stereocenters. The third-order valence-corrected chi connectivity index (χ3v) is 3.46. The number of nitrogens with one attached hydrogen (secondary N) is 1. The van der Waals surface area contributed by atoms with E-state index in [1.54, 1.807) is 37.3 Å². The first-order valence-corrected chi connectivity index (χ1v) is 7.95. The van der Waals surface area contributed by atoms with Crippen molar-refractivity contribution in [2.45, 2.75) is 26.9 Å². The van der Waals surface area contributed by atoms with Crippen LogP contribution in [0.25, 0.3) is 0 Å². The molecule has 1 amide bonds. The minimum Gasteiger partial charge on any atom is -0.507 e. The van der Waals surface area contributed by atoms with E-state index >= 15 is 0 Å². The fraction of sp³-hybridized carbons (Fsp3) is 0.263. The third-order valence-electron chi connectivity index (χ3n) is 3.46. The lowest BCUT2D eigenvalue weighted by Crippen LogP contribution is -2.30. The van der Waals surface area contributed by atoms with Gasteiger partial charge in [0.05, 0.1) is 6.61 Å². The molecule has 0 unspecified atom stereocenters. The second kappa shape index (κ2) is 8.19. The Kier molecular flexibility index (Phi) is 6.00. The maximum absolute atomic E-state index is 12.1. The Balaban J connectivity index is 1.96. The average molecular weight is 343 g/mol. The molecule has 25 heavy (non-hydrogen) atoms. The van der Waals surface area contributed by atoms with Gasteiger partial charge < -0.3 is 19.9 Å². The molecule has 132 valence electrons. The van der Waals surface area contributed by atoms with Crippen LogP contribution in [0.4, 0.5) is 5.69 Å². The van der Waals surface area contributed by atoms with Gasteiger partial charge in [-0.15, -0.1) is 0 Å². The van der Waals surface area contributed by atoms with E-state index in [2.05, 4.69) is 5.32 Å². The average Bonchev–Trinajstić information content (AvgIpc) is 2.56. The van der Waals surface area contributed by atoms with Crippen LogP contribution in [0.3, 0.4) is 0 Å². The van der Waals surface area contributed by atoms with Gasteiger partial charge in [-0.2, -0.15) is 0 Å². The lowest BCUT2D eigenvalue weighted by Gasteiger charge is -2.14. The van der Waals surface area contributed by atoms with E-state index in [0.717, 1.165) is 5.56 Å². The molecule has 0 spiro atoms. The number of esters is 1. The van der Waals surface area contributed by atoms with Crippen LogP contribution in [0.15, 0.2) is 42.5 Å². The molecule has 0 heterocycles. The van der Waals surface area contributed by atoms with Gasteiger partial charge in [0.25, 0.3) is 5.91 Å². The predicted octanol–water partition coefficient (Wildman–Crippen LogP) is 3.28. The van der Waals surface area contributed by atoms with Crippen LogP contribution in [0.2, 0.25) is 0 Å². The Morgan fingerprint density at radius 3 is 2.44 bits per heavy atom. The minimum absolute atomic E-state index is 0.0197. The number of phenols is 1. The highest BCUT2D eigenvalue weighted by molar-refractivity contribution is 5.98. The summed E-state index contributed by atoms with van der Waals surface area (Å²) in [7, 11) is 0. The van der Waals surface area contributed by atoms with Gasteiger partial charge in [0.15, 0.2) is 6.10 Å². The van der Waals surface area contributed by atoms with E-state index in [0.29, 0.717) is 18.0 Å². The zero-order chi connectivity index (χ0) is 18.4. The van der Waals surface area contributed by atoms with Gasteiger partial charge in [0, 0.05) is 5.69 Å². The highest BCUT2D eigenvalue weighted by Gasteiger charge is 2.21. The monoisotopic (exact) mass is 343 g/mol. The smallest absolute Gasteiger partial charge is 0.342 e. The maximum Gasteiger partial charge on any atom is 0.342 e. The largest absolute Gasteiger partial charge is 0.507 e. The van der Waals surface area contributed by atoms with E-state index in [4.69, 9.17) is 9.47 Å². The number of anilines is 1. The lowest BCUT2D eigenvalue weighted by molar-refractivity contribution is -0.123. The molecule has 2 aromatic rings. The van der Waals surface area contributed by atoms with Crippen LogP contribution in [0, 0.1) is 6.92 Å². The van der Waals surface area contributed by atoms with Crippen molar-refractivity contribution in [2.24, 2.45) is 0 Å². The van der Waals surface area contributed by atoms with Gasteiger partial charge in [-0.05, 0) is 62.7 Å². The Morgan fingerprint density at radius 2 is 1.84 bits per heavy atom. The van der Waals surface area contributed by atoms with Crippen molar-refractivity contribution < 1.29 is 24.2 Å². The number of amides is 1. The molecular formula is C19H21NO5. The molecule has 0 fully saturated rings. The summed E-state index contributed by atoms with van der Waals surface area (Å²) in [6.45, 7) is 5.71. The molecule has 0 aliphatic rings. The topological polar surface area (TPSA) is 84.9 Å². The Morgan fingerprint density at radius 1 is 1.16 bits per heavy atom. The number of phenolic OH excluding ortho intramolecular Hbond substituents is 1. The summed E-state index contributed by atoms with van der Waals surface area (Å²) in [5.74, 6) is -0.699. The number of carbonyl (C=O) groups is 2. The van der Waals surface area contributed by atoms with Crippen molar-refractivity contribution in [3.63, 3.8) is 0 Å². The number of aromatic hydroxyl groups is 1. The second-order valence-electron chi connectivity index (χ2n) is 5.51. The van der Waals surface area contributed by atoms with Crippen molar-refractivity contribution in [3.8, 4) is 11.5 Å². The third kappa shape index (κ3) is 4.97. The van der Waals surface area contributed by atoms with Crippen molar-refractivity contribution in [1.29, 1.82) is 0 Å². The van der Waals surface area contributed by atoms with Gasteiger partial charge in [-0.25, -0.2) is 4.79 Å². The van der Waals surface area contributed by atoms with E-state index < -0.39 is 18.0 Å². The molecule has 6 heteroatoms. The zero-order valence-electron chi connectivity index (χ0n) is 14.4. The van der Waals surface area contributed by atoms with Crippen LogP contribution < -0.4 is 10.1 Å². The molecule has 2 aromatic carbocycles. The molecule has 0 aliphatic heterocycles. The normalized spacial score (nSPS) is 11.5. The van der Waals surface area contributed by atoms with Gasteiger partial charge in [0.2, 0.25) is 0 Å². The number of carbonyl (C=O) groups excluding carboxylic acids is 2. The first-order valence-electron chi connectivity index (χ1n) is 7.95. The fourth-order valence-corrected chi connectivity index (χ4v) is 2.14. The van der Waals surface area contributed by atoms with Crippen LogP contribution in [0.1, 0.15) is 29.8 Å². The summed E-state index contributed by atoms with van der Waals surface area (Å²) in [4.78, 5) is 24.2. The van der Waals surface area contributed by atoms with E-state index in [1.807, 2.05) is 6.92 Å². The van der Waals surface area contributed by atoms with E-state index in [1.165, 1.54) is 19.1 Å². The summed E-state index contributed by atoms with van der Waals surface area (Å²) in [6, 6.07) is 11.5. The molecular weight excluding hydrogens is 322 g/mol. The Bertz CT molecular complexity index is 755. The van der Waals surface area contributed by atoms with Crippen molar-refractivity contribution >= 4 is 17.6 Å². The molecule has 0 aliphatic carbocycles. The van der Waals surface area contributed by atoms with Gasteiger partial charge in [0.1, 0.15) is 17.1 Å². The number of hydrogen-bond donors (Lipinski definition) is 2. The number of ether oxygens (including phenoxy) is 2. The van der Waals surface area contributed by atoms with Gasteiger partial charge >= 0.3 is 5.97 Å². The summed E-state index contributed by atoms with van der Waals surface area (Å²) >= 11 is 0. The van der Waals surface area contributed by atoms with E-state index in [-0.39, 0.29) is 11.3 Å². The van der Waals surface area contributed by atoms with Crippen molar-refractivity contribution in [2.75, 3.05) is 11.9 Å². The SMILES string of the molecule is CCOc1ccc(NC(=O)[C@@H](C)OC(=O)c2ccc(C)cc2O)cc1. The minimum atomic E-state index is -1.01. The number of rotatable bonds is 6. The standard InChI is InChI=1S/C19H21NO5/c1-4-24-15-8-6-14(7-9-15)20-18(22)13(3)25-19(23)16-10-5-12(2)11-17(16)21/h5-11,13,21H,4H2,1-3H3,(H,20,22)/t13-/m1/s1. The molecule has 2 rings (SSSR count). The van der Waals surface area contributed by atoms with Crippen LogP contribution in [0.5, 0.6) is 11.5 Å². The maximum atomic E-state index is 12.1. The second-order valence-corrected chi connectivity index (χ2v) is 5.51. The molecule has 0 aromatic heterocycles. The highest BCUT2D eigenvalue weighted by atomic mass is 16.5. The van der Waals surface area contributed by atoms with Crippen molar-refractivity contribution in [1.82, 2.24) is 0 Å². The summed E-state index contributed by atoms with van der Waals surface area (Å²) < 4.78 is 10.4.